The van der Waals surface area contributed by atoms with Crippen LogP contribution in [0.1, 0.15) is 25.3 Å². The molecule has 0 saturated heterocycles. The van der Waals surface area contributed by atoms with E-state index in [2.05, 4.69) is 10.3 Å². The minimum atomic E-state index is -0.280. The molecule has 2 aromatic rings. The van der Waals surface area contributed by atoms with Gasteiger partial charge in [0.15, 0.2) is 5.13 Å². The Hall–Kier alpha value is -1.39. The first kappa shape index (κ1) is 14.0. The van der Waals surface area contributed by atoms with Crippen molar-refractivity contribution in [1.82, 2.24) is 4.98 Å². The fraction of sp³-hybridized carbons (Fsp3) is 0.286. The molecule has 2 rings (SSSR count). The van der Waals surface area contributed by atoms with Crippen molar-refractivity contribution in [3.8, 4) is 0 Å². The fourth-order valence-corrected chi connectivity index (χ4v) is 2.78. The minimum Gasteiger partial charge on any atom is -0.301 e. The predicted octanol–water partition coefficient (Wildman–Crippen LogP) is 4.17. The highest BCUT2D eigenvalue weighted by molar-refractivity contribution is 7.13. The van der Waals surface area contributed by atoms with Crippen LogP contribution >= 0.6 is 22.9 Å². The van der Waals surface area contributed by atoms with Gasteiger partial charge in [0.05, 0.1) is 5.92 Å². The zero-order valence-electron chi connectivity index (χ0n) is 10.8. The lowest BCUT2D eigenvalue weighted by molar-refractivity contribution is -0.118. The SMILES string of the molecule is CC(C)C(C(=O)Nc1nccs1)c1ccccc1Cl. The summed E-state index contributed by atoms with van der Waals surface area (Å²) in [7, 11) is 0. The summed E-state index contributed by atoms with van der Waals surface area (Å²) in [5.41, 5.74) is 0.855. The second-order valence-corrected chi connectivity index (χ2v) is 5.87. The van der Waals surface area contributed by atoms with Gasteiger partial charge in [-0.25, -0.2) is 4.98 Å². The third-order valence-corrected chi connectivity index (χ3v) is 3.88. The first-order chi connectivity index (χ1) is 9.09. The Morgan fingerprint density at radius 3 is 2.68 bits per heavy atom. The van der Waals surface area contributed by atoms with Crippen LogP contribution in [0, 0.1) is 5.92 Å². The highest BCUT2D eigenvalue weighted by atomic mass is 35.5. The van der Waals surface area contributed by atoms with Crippen LogP contribution in [0.3, 0.4) is 0 Å². The molecule has 1 unspecified atom stereocenters. The summed E-state index contributed by atoms with van der Waals surface area (Å²) in [6.45, 7) is 4.02. The van der Waals surface area contributed by atoms with Crippen LogP contribution in [0.4, 0.5) is 5.13 Å². The monoisotopic (exact) mass is 294 g/mol. The van der Waals surface area contributed by atoms with E-state index < -0.39 is 0 Å². The van der Waals surface area contributed by atoms with E-state index in [1.54, 1.807) is 6.20 Å². The Morgan fingerprint density at radius 1 is 1.37 bits per heavy atom. The number of carbonyl (C=O) groups excluding carboxylic acids is 1. The number of thiazole rings is 1. The molecule has 0 spiro atoms. The maximum Gasteiger partial charge on any atom is 0.234 e. The van der Waals surface area contributed by atoms with Crippen molar-refractivity contribution in [3.05, 3.63) is 46.4 Å². The van der Waals surface area contributed by atoms with E-state index in [1.807, 2.05) is 43.5 Å². The molecule has 1 N–H and O–H groups in total. The van der Waals surface area contributed by atoms with Gasteiger partial charge in [-0.1, -0.05) is 43.6 Å². The number of aromatic nitrogens is 1. The predicted molar refractivity (Wildman–Crippen MR) is 79.8 cm³/mol. The number of amides is 1. The van der Waals surface area contributed by atoms with E-state index in [0.29, 0.717) is 10.2 Å². The number of nitrogens with one attached hydrogen (secondary N) is 1. The van der Waals surface area contributed by atoms with E-state index in [4.69, 9.17) is 11.6 Å². The second kappa shape index (κ2) is 6.17. The largest absolute Gasteiger partial charge is 0.301 e. The van der Waals surface area contributed by atoms with E-state index in [9.17, 15) is 4.79 Å². The Kier molecular flexibility index (Phi) is 4.56. The normalized spacial score (nSPS) is 12.4. The molecule has 0 aliphatic carbocycles. The van der Waals surface area contributed by atoms with Gasteiger partial charge in [0.25, 0.3) is 0 Å². The highest BCUT2D eigenvalue weighted by Crippen LogP contribution is 2.31. The molecule has 0 aliphatic rings. The van der Waals surface area contributed by atoms with Gasteiger partial charge in [-0.2, -0.15) is 0 Å². The van der Waals surface area contributed by atoms with E-state index in [1.165, 1.54) is 11.3 Å². The number of halogens is 1. The second-order valence-electron chi connectivity index (χ2n) is 4.57. The average molecular weight is 295 g/mol. The zero-order valence-corrected chi connectivity index (χ0v) is 12.3. The van der Waals surface area contributed by atoms with Gasteiger partial charge in [0, 0.05) is 16.6 Å². The first-order valence-corrected chi connectivity index (χ1v) is 7.30. The summed E-state index contributed by atoms with van der Waals surface area (Å²) in [5.74, 6) is -0.199. The number of rotatable bonds is 4. The van der Waals surface area contributed by atoms with Crippen LogP contribution in [0.25, 0.3) is 0 Å². The molecule has 1 aromatic heterocycles. The lowest BCUT2D eigenvalue weighted by Crippen LogP contribution is -2.25. The van der Waals surface area contributed by atoms with Crippen molar-refractivity contribution >= 4 is 34.0 Å². The summed E-state index contributed by atoms with van der Waals surface area (Å²) in [6.07, 6.45) is 1.67. The molecule has 1 aromatic carbocycles. The molecule has 1 heterocycles. The Morgan fingerprint density at radius 2 is 2.11 bits per heavy atom. The smallest absolute Gasteiger partial charge is 0.234 e. The van der Waals surface area contributed by atoms with Crippen LogP contribution in [0.5, 0.6) is 0 Å². The third kappa shape index (κ3) is 3.33. The van der Waals surface area contributed by atoms with Crippen LogP contribution in [0.15, 0.2) is 35.8 Å². The molecule has 1 amide bonds. The average Bonchev–Trinajstić information content (AvgIpc) is 2.84. The summed E-state index contributed by atoms with van der Waals surface area (Å²) in [5, 5.41) is 5.90. The molecule has 5 heteroatoms. The van der Waals surface area contributed by atoms with Gasteiger partial charge in [0.1, 0.15) is 0 Å². The summed E-state index contributed by atoms with van der Waals surface area (Å²) >= 11 is 7.60. The van der Waals surface area contributed by atoms with Crippen LogP contribution in [-0.2, 0) is 4.79 Å². The van der Waals surface area contributed by atoms with Crippen LogP contribution in [0.2, 0.25) is 5.02 Å². The molecule has 3 nitrogen and oxygen atoms in total. The van der Waals surface area contributed by atoms with Gasteiger partial charge in [-0.3, -0.25) is 4.79 Å². The van der Waals surface area contributed by atoms with Crippen molar-refractivity contribution in [3.63, 3.8) is 0 Å². The molecular formula is C14H15ClN2OS. The van der Waals surface area contributed by atoms with Crippen LogP contribution in [-0.4, -0.2) is 10.9 Å². The Bertz CT molecular complexity index is 554. The lowest BCUT2D eigenvalue weighted by Gasteiger charge is -2.21. The van der Waals surface area contributed by atoms with Crippen molar-refractivity contribution in [2.24, 2.45) is 5.92 Å². The molecule has 0 bridgehead atoms. The fourth-order valence-electron chi connectivity index (χ4n) is 2.00. The van der Waals surface area contributed by atoms with E-state index in [-0.39, 0.29) is 17.7 Å². The highest BCUT2D eigenvalue weighted by Gasteiger charge is 2.26. The van der Waals surface area contributed by atoms with Crippen molar-refractivity contribution in [2.75, 3.05) is 5.32 Å². The van der Waals surface area contributed by atoms with Crippen LogP contribution < -0.4 is 5.32 Å². The number of anilines is 1. The Labute approximate surface area is 121 Å². The molecule has 1 atom stereocenters. The topological polar surface area (TPSA) is 42.0 Å². The van der Waals surface area contributed by atoms with Gasteiger partial charge >= 0.3 is 0 Å². The number of hydrogen-bond donors (Lipinski definition) is 1. The lowest BCUT2D eigenvalue weighted by atomic mass is 9.87. The zero-order chi connectivity index (χ0) is 13.8. The summed E-state index contributed by atoms with van der Waals surface area (Å²) < 4.78 is 0. The van der Waals surface area contributed by atoms with E-state index >= 15 is 0 Å². The van der Waals surface area contributed by atoms with Gasteiger partial charge < -0.3 is 5.32 Å². The molecule has 100 valence electrons. The molecular weight excluding hydrogens is 280 g/mol. The van der Waals surface area contributed by atoms with Crippen molar-refractivity contribution < 1.29 is 4.79 Å². The van der Waals surface area contributed by atoms with Gasteiger partial charge in [-0.05, 0) is 17.5 Å². The molecule has 0 fully saturated rings. The number of carbonyl (C=O) groups is 1. The van der Waals surface area contributed by atoms with Gasteiger partial charge in [-0.15, -0.1) is 11.3 Å². The Balaban J connectivity index is 2.26. The molecule has 19 heavy (non-hydrogen) atoms. The summed E-state index contributed by atoms with van der Waals surface area (Å²) in [4.78, 5) is 16.5. The third-order valence-electron chi connectivity index (χ3n) is 2.85. The minimum absolute atomic E-state index is 0.0713. The molecule has 0 aliphatic heterocycles. The maximum atomic E-state index is 12.4. The number of hydrogen-bond acceptors (Lipinski definition) is 3. The summed E-state index contributed by atoms with van der Waals surface area (Å²) in [6, 6.07) is 7.46. The standard InChI is InChI=1S/C14H15ClN2OS/c1-9(2)12(10-5-3-4-6-11(10)15)13(18)17-14-16-7-8-19-14/h3-9,12H,1-2H3,(H,16,17,18). The quantitative estimate of drug-likeness (QED) is 0.919. The molecule has 0 saturated carbocycles. The van der Waals surface area contributed by atoms with Gasteiger partial charge in [0.2, 0.25) is 5.91 Å². The molecule has 0 radical (unpaired) electrons. The van der Waals surface area contributed by atoms with E-state index in [0.717, 1.165) is 5.56 Å². The maximum absolute atomic E-state index is 12.4. The number of benzene rings is 1. The van der Waals surface area contributed by atoms with Crippen molar-refractivity contribution in [1.29, 1.82) is 0 Å². The van der Waals surface area contributed by atoms with Crippen molar-refractivity contribution in [2.45, 2.75) is 19.8 Å². The number of nitrogens with zero attached hydrogens (tertiary/aromatic N) is 1. The first-order valence-electron chi connectivity index (χ1n) is 6.04.